The zero-order valence-electron chi connectivity index (χ0n) is 3.46. The average Bonchev–Trinajstić information content (AvgIpc) is 1.65. The van der Waals surface area contributed by atoms with Crippen LogP contribution in [0.25, 0.3) is 0 Å². The first-order chi connectivity index (χ1) is 2.81. The molecule has 0 aliphatic heterocycles. The van der Waals surface area contributed by atoms with Gasteiger partial charge >= 0.3 is 0 Å². The third-order valence-corrected chi connectivity index (χ3v) is 0.254. The van der Waals surface area contributed by atoms with Crippen LogP contribution in [0.4, 0.5) is 0 Å². The van der Waals surface area contributed by atoms with E-state index in [0.717, 1.165) is 0 Å². The molecule has 0 atom stereocenters. The minimum absolute atomic E-state index is 0. The summed E-state index contributed by atoms with van der Waals surface area (Å²) in [7, 11) is 0. The van der Waals surface area contributed by atoms with Crippen LogP contribution in [0.5, 0.6) is 0 Å². The fourth-order valence-corrected chi connectivity index (χ4v) is 0.0289. The molecule has 0 saturated heterocycles. The Bertz CT molecular complexity index is 62.7. The van der Waals surface area contributed by atoms with Crippen LogP contribution in [-0.2, 0) is 0 Å². The zero-order chi connectivity index (χ0) is 4.99. The van der Waals surface area contributed by atoms with Crippen LogP contribution in [0, 0.1) is 0 Å². The van der Waals surface area contributed by atoms with Gasteiger partial charge in [0.15, 0.2) is 0 Å². The molecule has 0 aliphatic rings. The largest absolute Gasteiger partial charge is 0.367 e. The minimum atomic E-state index is -0.199. The molecular weight excluding hydrogens is 164 g/mol. The van der Waals surface area contributed by atoms with Crippen LogP contribution in [0.3, 0.4) is 0 Å². The predicted octanol–water partition coefficient (Wildman–Crippen LogP) is -1.27. The minimum Gasteiger partial charge on any atom is -0.367 e. The van der Waals surface area contributed by atoms with E-state index < -0.39 is 0 Å². The lowest BCUT2D eigenvalue weighted by atomic mass is 11.1. The highest BCUT2D eigenvalue weighted by Gasteiger charge is 1.74. The fraction of sp³-hybridized carbons (Fsp3) is 0. The summed E-state index contributed by atoms with van der Waals surface area (Å²) >= 11 is 0. The Labute approximate surface area is 51.1 Å². The Morgan fingerprint density at radius 3 is 2.14 bits per heavy atom. The third kappa shape index (κ3) is 5.51. The quantitative estimate of drug-likeness (QED) is 0.158. The van der Waals surface area contributed by atoms with Crippen molar-refractivity contribution >= 4 is 22.9 Å². The van der Waals surface area contributed by atoms with E-state index in [9.17, 15) is 0 Å². The summed E-state index contributed by atoms with van der Waals surface area (Å²) in [6, 6.07) is 0. The van der Waals surface area contributed by atoms with Crippen molar-refractivity contribution in [2.75, 3.05) is 0 Å². The van der Waals surface area contributed by atoms with Crippen molar-refractivity contribution in [3.63, 3.8) is 0 Å². The number of hydrogen-bond acceptors (Lipinski definition) is 3. The van der Waals surface area contributed by atoms with E-state index in [1.54, 1.807) is 0 Å². The molecule has 0 aromatic rings. The first-order valence-electron chi connectivity index (χ1n) is 1.24. The van der Waals surface area contributed by atoms with Crippen molar-refractivity contribution < 1.29 is 5.21 Å². The molecule has 0 spiro atoms. The monoisotopic (exact) mass is 170 g/mol. The van der Waals surface area contributed by atoms with E-state index in [0.29, 0.717) is 0 Å². The molecule has 5 nitrogen and oxygen atoms in total. The maximum absolute atomic E-state index is 7.75. The maximum Gasteiger partial charge on any atom is 0.234 e. The Kier molecular flexibility index (Phi) is 7.65. The molecule has 0 unspecified atom stereocenters. The highest BCUT2D eigenvalue weighted by Crippen LogP contribution is 1.41. The number of nitrogens with two attached hydrogens (primary N) is 2. The molecule has 0 radical (unpaired) electrons. The summed E-state index contributed by atoms with van der Waals surface area (Å²) in [5.74, 6) is 4.32. The topological polar surface area (TPSA) is 96.7 Å². The highest BCUT2D eigenvalue weighted by molar-refractivity contribution is 8.93. The van der Waals surface area contributed by atoms with Gasteiger partial charge in [-0.2, -0.15) is 0 Å². The second kappa shape index (κ2) is 5.51. The van der Waals surface area contributed by atoms with Crippen molar-refractivity contribution in [1.29, 1.82) is 0 Å². The second-order valence-corrected chi connectivity index (χ2v) is 0.626. The zero-order valence-corrected chi connectivity index (χ0v) is 5.17. The lowest BCUT2D eigenvalue weighted by Gasteiger charge is -1.88. The van der Waals surface area contributed by atoms with Crippen molar-refractivity contribution in [3.05, 3.63) is 0 Å². The van der Waals surface area contributed by atoms with Crippen molar-refractivity contribution in [1.82, 2.24) is 5.48 Å². The van der Waals surface area contributed by atoms with Gasteiger partial charge in [0, 0.05) is 0 Å². The van der Waals surface area contributed by atoms with E-state index in [4.69, 9.17) is 10.9 Å². The van der Waals surface area contributed by atoms with E-state index in [2.05, 4.69) is 10.9 Å². The maximum atomic E-state index is 7.75. The molecule has 0 amide bonds. The number of hydroxylamine groups is 1. The van der Waals surface area contributed by atoms with Gasteiger partial charge < -0.3 is 11.6 Å². The van der Waals surface area contributed by atoms with Gasteiger partial charge in [-0.15, -0.1) is 22.1 Å². The van der Waals surface area contributed by atoms with Crippen LogP contribution in [0.15, 0.2) is 5.10 Å². The molecule has 0 aromatic carbocycles. The summed E-state index contributed by atoms with van der Waals surface area (Å²) in [5.41, 5.74) is 6.25. The van der Waals surface area contributed by atoms with Gasteiger partial charge in [-0.05, 0) is 0 Å². The molecule has 44 valence electrons. The number of rotatable bonds is 0. The lowest BCUT2D eigenvalue weighted by molar-refractivity contribution is 0.232. The molecule has 0 fully saturated rings. The molecule has 0 heterocycles. The van der Waals surface area contributed by atoms with E-state index >= 15 is 0 Å². The average molecular weight is 171 g/mol. The molecule has 0 aliphatic carbocycles. The molecule has 7 heavy (non-hydrogen) atoms. The van der Waals surface area contributed by atoms with Crippen LogP contribution in [0.2, 0.25) is 0 Å². The number of nitrogens with one attached hydrogen (secondary N) is 1. The van der Waals surface area contributed by atoms with Gasteiger partial charge in [0.1, 0.15) is 0 Å². The van der Waals surface area contributed by atoms with Gasteiger partial charge in [-0.25, -0.2) is 5.48 Å². The number of halogens is 1. The molecular formula is CH7BrN4O. The van der Waals surface area contributed by atoms with Gasteiger partial charge in [0.2, 0.25) is 5.96 Å². The highest BCUT2D eigenvalue weighted by atomic mass is 79.9. The summed E-state index contributed by atoms with van der Waals surface area (Å²) < 4.78 is 0. The molecule has 0 aromatic heterocycles. The molecule has 6 N–H and O–H groups in total. The van der Waals surface area contributed by atoms with Crippen molar-refractivity contribution in [2.45, 2.75) is 0 Å². The first kappa shape index (κ1) is 9.72. The van der Waals surface area contributed by atoms with Crippen LogP contribution in [0.1, 0.15) is 0 Å². The van der Waals surface area contributed by atoms with E-state index in [-0.39, 0.29) is 22.9 Å². The summed E-state index contributed by atoms with van der Waals surface area (Å²) in [6.45, 7) is 0. The molecule has 6 heteroatoms. The summed E-state index contributed by atoms with van der Waals surface area (Å²) in [4.78, 5) is 0. The number of nitrogens with zero attached hydrogens (tertiary/aromatic N) is 1. The Hall–Kier alpha value is -0.490. The van der Waals surface area contributed by atoms with Gasteiger partial charge in [0.25, 0.3) is 0 Å². The predicted molar refractivity (Wildman–Crippen MR) is 31.1 cm³/mol. The smallest absolute Gasteiger partial charge is 0.234 e. The Balaban J connectivity index is 0. The van der Waals surface area contributed by atoms with Gasteiger partial charge in [-0.1, -0.05) is 0 Å². The molecule has 0 bridgehead atoms. The lowest BCUT2D eigenvalue weighted by Crippen LogP contribution is -2.29. The van der Waals surface area contributed by atoms with E-state index in [1.165, 1.54) is 5.48 Å². The third-order valence-electron chi connectivity index (χ3n) is 0.254. The second-order valence-electron chi connectivity index (χ2n) is 0.626. The number of hydrazone groups is 1. The molecule has 0 rings (SSSR count). The van der Waals surface area contributed by atoms with Gasteiger partial charge in [-0.3, -0.25) is 5.21 Å². The van der Waals surface area contributed by atoms with Crippen LogP contribution >= 0.6 is 17.0 Å². The van der Waals surface area contributed by atoms with Crippen molar-refractivity contribution in [3.8, 4) is 0 Å². The standard InChI is InChI=1S/CH6N4O.BrH/c2-1(4-3)5-6;/h6H,3H2,(H3,2,4,5);1H. The first-order valence-corrected chi connectivity index (χ1v) is 1.24. The van der Waals surface area contributed by atoms with Crippen LogP contribution in [-0.4, -0.2) is 11.2 Å². The Morgan fingerprint density at radius 2 is 2.14 bits per heavy atom. The van der Waals surface area contributed by atoms with Gasteiger partial charge in [0.05, 0.1) is 0 Å². The SMILES string of the molecule is Br.NN=C(N)NO. The number of hydrogen-bond donors (Lipinski definition) is 4. The van der Waals surface area contributed by atoms with Crippen molar-refractivity contribution in [2.24, 2.45) is 16.7 Å². The normalized spacial score (nSPS) is 9.57. The molecule has 0 saturated carbocycles. The Morgan fingerprint density at radius 1 is 1.71 bits per heavy atom. The van der Waals surface area contributed by atoms with Crippen LogP contribution < -0.4 is 17.1 Å². The fourth-order valence-electron chi connectivity index (χ4n) is 0.0289. The number of guanidine groups is 1. The summed E-state index contributed by atoms with van der Waals surface area (Å²) in [5, 5.41) is 10.6. The van der Waals surface area contributed by atoms with E-state index in [1.807, 2.05) is 0 Å². The summed E-state index contributed by atoms with van der Waals surface area (Å²) in [6.07, 6.45) is 0.